The smallest absolute Gasteiger partial charge is 0.230 e. The van der Waals surface area contributed by atoms with Crippen LogP contribution in [0.2, 0.25) is 0 Å². The fourth-order valence-electron chi connectivity index (χ4n) is 2.50. The fraction of sp³-hybridized carbons (Fsp3) is 0.273. The third kappa shape index (κ3) is 6.18. The number of carbonyl (C=O) groups excluding carboxylic acids is 1. The van der Waals surface area contributed by atoms with Gasteiger partial charge in [-0.1, -0.05) is 48.9 Å². The summed E-state index contributed by atoms with van der Waals surface area (Å²) in [5, 5.41) is 12.6. The van der Waals surface area contributed by atoms with E-state index in [0.717, 1.165) is 11.3 Å². The van der Waals surface area contributed by atoms with Crippen molar-refractivity contribution in [1.29, 1.82) is 0 Å². The van der Waals surface area contributed by atoms with E-state index in [0.29, 0.717) is 16.8 Å². The maximum atomic E-state index is 12.5. The number of nitrogens with zero attached hydrogens (tertiary/aromatic N) is 1. The van der Waals surface area contributed by atoms with Gasteiger partial charge in [-0.3, -0.25) is 4.79 Å². The lowest BCUT2D eigenvalue weighted by Gasteiger charge is -2.10. The summed E-state index contributed by atoms with van der Waals surface area (Å²) in [5.74, 6) is -0.995. The molecule has 28 heavy (non-hydrogen) atoms. The van der Waals surface area contributed by atoms with Crippen LogP contribution in [0.5, 0.6) is 0 Å². The highest BCUT2D eigenvalue weighted by Gasteiger charge is 2.08. The lowest BCUT2D eigenvalue weighted by atomic mass is 10.0. The minimum Gasteiger partial charge on any atom is -0.388 e. The second kappa shape index (κ2) is 10.0. The Bertz CT molecular complexity index is 1140. The molecule has 6 heteroatoms. The van der Waals surface area contributed by atoms with Crippen molar-refractivity contribution in [1.82, 2.24) is 4.98 Å². The first-order valence-corrected chi connectivity index (χ1v) is 9.53. The minimum absolute atomic E-state index is 0.00271. The van der Waals surface area contributed by atoms with Crippen LogP contribution in [0.15, 0.2) is 60.0 Å². The van der Waals surface area contributed by atoms with Crippen LogP contribution in [-0.4, -0.2) is 16.0 Å². The Hall–Kier alpha value is -2.70. The number of hydrogen-bond acceptors (Lipinski definition) is 5. The first-order valence-electron chi connectivity index (χ1n) is 11.7. The van der Waals surface area contributed by atoms with E-state index in [4.69, 9.17) is 14.0 Å². The van der Waals surface area contributed by atoms with E-state index in [1.807, 2.05) is 0 Å². The number of anilines is 2. The highest BCUT2D eigenvalue weighted by Crippen LogP contribution is 2.20. The molecule has 146 valence electrons. The number of hydrogen-bond donors (Lipinski definition) is 3. The van der Waals surface area contributed by atoms with Crippen LogP contribution in [0.25, 0.3) is 0 Å². The molecule has 0 saturated carbocycles. The largest absolute Gasteiger partial charge is 0.388 e. The molecule has 4 N–H and O–H groups in total. The van der Waals surface area contributed by atoms with E-state index in [9.17, 15) is 9.90 Å². The Kier molecular flexibility index (Phi) is 4.82. The van der Waals surface area contributed by atoms with Crippen LogP contribution < -0.4 is 11.1 Å². The van der Waals surface area contributed by atoms with Gasteiger partial charge in [-0.05, 0) is 42.5 Å². The monoisotopic (exact) mass is 401 g/mol. The molecule has 0 bridgehead atoms. The van der Waals surface area contributed by atoms with Crippen molar-refractivity contribution in [2.24, 2.45) is 0 Å². The molecule has 2 aromatic carbocycles. The van der Waals surface area contributed by atoms with Crippen molar-refractivity contribution >= 4 is 28.1 Å². The Morgan fingerprint density at radius 2 is 2.04 bits per heavy atom. The van der Waals surface area contributed by atoms with Crippen LogP contribution in [0.3, 0.4) is 0 Å². The molecule has 1 amide bonds. The van der Waals surface area contributed by atoms with Gasteiger partial charge in [0.2, 0.25) is 5.91 Å². The SMILES string of the molecule is [2H]c1sc(N)nc1C([2H])([2H])C(=O)Nc1ccc(CC([2H])([2H])CC[C@]([2H])(O)c2ccccc2)cc1. The van der Waals surface area contributed by atoms with Gasteiger partial charge < -0.3 is 16.2 Å². The van der Waals surface area contributed by atoms with Crippen molar-refractivity contribution in [3.05, 3.63) is 76.8 Å². The second-order valence-electron chi connectivity index (χ2n) is 6.02. The predicted octanol–water partition coefficient (Wildman–Crippen LogP) is 4.35. The number of nitrogen functional groups attached to an aromatic ring is 1. The third-order valence-electron chi connectivity index (χ3n) is 3.89. The molecule has 0 spiro atoms. The zero-order chi connectivity index (χ0) is 25.1. The van der Waals surface area contributed by atoms with Crippen LogP contribution in [0.4, 0.5) is 10.8 Å². The van der Waals surface area contributed by atoms with Crippen molar-refractivity contribution in [2.45, 2.75) is 38.1 Å². The molecule has 5 nitrogen and oxygen atoms in total. The number of amides is 1. The Balaban J connectivity index is 1.60. The molecule has 0 aliphatic heterocycles. The average molecular weight is 402 g/mol. The van der Waals surface area contributed by atoms with Gasteiger partial charge in [0.25, 0.3) is 0 Å². The number of nitrogens with one attached hydrogen (secondary N) is 1. The summed E-state index contributed by atoms with van der Waals surface area (Å²) < 4.78 is 48.5. The molecule has 0 unspecified atom stereocenters. The number of aliphatic hydroxyl groups is 1. The zero-order valence-corrected chi connectivity index (χ0v) is 15.9. The summed E-state index contributed by atoms with van der Waals surface area (Å²) in [5.41, 5.74) is 6.51. The molecule has 3 rings (SSSR count). The number of nitrogens with two attached hydrogens (primary N) is 1. The number of aryl methyl sites for hydroxylation is 1. The van der Waals surface area contributed by atoms with Crippen LogP contribution in [-0.2, 0) is 17.6 Å². The molecule has 0 radical (unpaired) electrons. The average Bonchev–Trinajstić information content (AvgIpc) is 3.13. The summed E-state index contributed by atoms with van der Waals surface area (Å²) in [7, 11) is 0. The first-order chi connectivity index (χ1) is 15.8. The third-order valence-corrected chi connectivity index (χ3v) is 4.49. The molecular formula is C22H25N3O2S. The van der Waals surface area contributed by atoms with Crippen molar-refractivity contribution < 1.29 is 18.1 Å². The molecule has 3 aromatic rings. The van der Waals surface area contributed by atoms with Crippen LogP contribution in [0, 0.1) is 0 Å². The van der Waals surface area contributed by atoms with Gasteiger partial charge in [-0.15, -0.1) is 11.3 Å². The van der Waals surface area contributed by atoms with E-state index in [1.54, 1.807) is 42.5 Å². The van der Waals surface area contributed by atoms with Crippen molar-refractivity contribution in [2.75, 3.05) is 11.1 Å². The van der Waals surface area contributed by atoms with E-state index < -0.39 is 24.7 Å². The first kappa shape index (κ1) is 13.5. The molecule has 1 aromatic heterocycles. The number of thiazole rings is 1. The predicted molar refractivity (Wildman–Crippen MR) is 114 cm³/mol. The molecule has 1 atom stereocenters. The van der Waals surface area contributed by atoms with E-state index in [1.165, 1.54) is 12.1 Å². The maximum Gasteiger partial charge on any atom is 0.230 e. The Morgan fingerprint density at radius 1 is 1.29 bits per heavy atom. The fourth-order valence-corrected chi connectivity index (χ4v) is 2.93. The van der Waals surface area contributed by atoms with Gasteiger partial charge in [0.1, 0.15) is 0 Å². The number of benzene rings is 2. The molecule has 0 fully saturated rings. The highest BCUT2D eigenvalue weighted by molar-refractivity contribution is 7.13. The standard InChI is InChI=1S/C22H25N3O2S/c23-22-25-19(15-28-22)14-21(27)24-18-12-10-16(11-13-18)6-4-5-9-20(26)17-7-2-1-3-8-17/h1-3,7-8,10-13,15,20,26H,4-6,9,14H2,(H2,23,25)(H,24,27)/t20-/m0/s1/i4D2,14D2,15D,20D. The Morgan fingerprint density at radius 3 is 2.71 bits per heavy atom. The van der Waals surface area contributed by atoms with Crippen molar-refractivity contribution in [3.63, 3.8) is 0 Å². The van der Waals surface area contributed by atoms with Crippen molar-refractivity contribution in [3.8, 4) is 0 Å². The lowest BCUT2D eigenvalue weighted by molar-refractivity contribution is -0.115. The normalized spacial score (nSPS) is 17.2. The van der Waals surface area contributed by atoms with E-state index in [2.05, 4.69) is 10.3 Å². The summed E-state index contributed by atoms with van der Waals surface area (Å²) in [4.78, 5) is 16.2. The summed E-state index contributed by atoms with van der Waals surface area (Å²) >= 11 is 0.781. The van der Waals surface area contributed by atoms with Crippen LogP contribution >= 0.6 is 11.3 Å². The molecule has 0 saturated heterocycles. The second-order valence-corrected chi connectivity index (χ2v) is 6.84. The van der Waals surface area contributed by atoms with Gasteiger partial charge in [0, 0.05) is 16.5 Å². The zero-order valence-electron chi connectivity index (χ0n) is 21.1. The summed E-state index contributed by atoms with van der Waals surface area (Å²) in [6.45, 7) is 0. The van der Waals surface area contributed by atoms with E-state index >= 15 is 0 Å². The molecule has 0 aliphatic carbocycles. The number of rotatable bonds is 9. The molecular weight excluding hydrogens is 370 g/mol. The quantitative estimate of drug-likeness (QED) is 0.497. The molecule has 0 aliphatic rings. The number of aromatic nitrogens is 1. The van der Waals surface area contributed by atoms with E-state index in [-0.39, 0.29) is 35.4 Å². The maximum absolute atomic E-state index is 12.5. The highest BCUT2D eigenvalue weighted by atomic mass is 32.1. The van der Waals surface area contributed by atoms with Gasteiger partial charge in [0.05, 0.1) is 20.9 Å². The van der Waals surface area contributed by atoms with Gasteiger partial charge in [-0.25, -0.2) is 4.98 Å². The summed E-state index contributed by atoms with van der Waals surface area (Å²) in [6, 6.07) is 14.8. The minimum atomic E-state index is -2.55. The van der Waals surface area contributed by atoms with Gasteiger partial charge >= 0.3 is 0 Å². The Labute approximate surface area is 177 Å². The molecule has 1 heterocycles. The van der Waals surface area contributed by atoms with Gasteiger partial charge in [-0.2, -0.15) is 0 Å². The topological polar surface area (TPSA) is 88.2 Å². The van der Waals surface area contributed by atoms with Crippen LogP contribution in [0.1, 0.15) is 50.3 Å². The summed E-state index contributed by atoms with van der Waals surface area (Å²) in [6.07, 6.45) is -6.19. The lowest BCUT2D eigenvalue weighted by Crippen LogP contribution is -2.14. The number of carbonyl (C=O) groups is 1. The van der Waals surface area contributed by atoms with Gasteiger partial charge in [0.15, 0.2) is 5.13 Å².